The van der Waals surface area contributed by atoms with Gasteiger partial charge in [0.2, 0.25) is 5.91 Å². The Bertz CT molecular complexity index is 1390. The van der Waals surface area contributed by atoms with Crippen LogP contribution in [0.5, 0.6) is 0 Å². The molecule has 0 bridgehead atoms. The second-order valence-electron chi connectivity index (χ2n) is 7.61. The number of nitrogens with zero attached hydrogens (tertiary/aromatic N) is 2. The molecule has 2 N–H and O–H groups in total. The highest BCUT2D eigenvalue weighted by atomic mass is 16.2. The molecule has 0 aliphatic carbocycles. The number of carbonyl (C=O) groups excluding carboxylic acids is 3. The molecule has 1 saturated heterocycles. The number of fused-ring (bicyclic) bond motifs is 1. The minimum Gasteiger partial charge on any atom is -0.337 e. The Labute approximate surface area is 189 Å². The van der Waals surface area contributed by atoms with E-state index in [1.165, 1.54) is 0 Å². The Morgan fingerprint density at radius 1 is 0.879 bits per heavy atom. The molecule has 0 radical (unpaired) electrons. The van der Waals surface area contributed by atoms with Crippen molar-refractivity contribution in [2.75, 3.05) is 10.2 Å². The number of imide groups is 1. The van der Waals surface area contributed by atoms with Crippen LogP contribution in [0, 0.1) is 0 Å². The molecule has 4 aromatic rings. The van der Waals surface area contributed by atoms with Gasteiger partial charge in [-0.25, -0.2) is 9.69 Å². The van der Waals surface area contributed by atoms with Crippen molar-refractivity contribution in [1.82, 2.24) is 9.88 Å². The number of anilines is 2. The highest BCUT2D eigenvalue weighted by molar-refractivity contribution is 6.28. The van der Waals surface area contributed by atoms with Gasteiger partial charge in [-0.05, 0) is 36.4 Å². The molecule has 33 heavy (non-hydrogen) atoms. The van der Waals surface area contributed by atoms with Gasteiger partial charge < -0.3 is 15.2 Å². The van der Waals surface area contributed by atoms with Crippen molar-refractivity contribution in [3.8, 4) is 0 Å². The van der Waals surface area contributed by atoms with Gasteiger partial charge in [0.15, 0.2) is 0 Å². The quantitative estimate of drug-likeness (QED) is 0.360. The maximum Gasteiger partial charge on any atom is 0.333 e. The molecule has 0 unspecified atom stereocenters. The molecule has 2 heterocycles. The maximum absolute atomic E-state index is 12.9. The minimum atomic E-state index is -0.497. The first-order valence-electron chi connectivity index (χ1n) is 10.4. The van der Waals surface area contributed by atoms with Gasteiger partial charge in [0.1, 0.15) is 12.2 Å². The van der Waals surface area contributed by atoms with Crippen LogP contribution < -0.4 is 15.5 Å². The van der Waals surface area contributed by atoms with E-state index in [9.17, 15) is 14.4 Å². The van der Waals surface area contributed by atoms with Gasteiger partial charge in [0, 0.05) is 28.4 Å². The first-order chi connectivity index (χ1) is 16.1. The molecule has 7 heteroatoms. The van der Waals surface area contributed by atoms with Crippen molar-refractivity contribution in [3.63, 3.8) is 0 Å². The summed E-state index contributed by atoms with van der Waals surface area (Å²) in [6.45, 7) is 0.106. The Kier molecular flexibility index (Phi) is 5.20. The number of benzene rings is 3. The second-order valence-corrected chi connectivity index (χ2v) is 7.61. The number of amides is 4. The van der Waals surface area contributed by atoms with E-state index in [2.05, 4.69) is 10.6 Å². The number of urea groups is 1. The van der Waals surface area contributed by atoms with E-state index in [0.717, 1.165) is 27.1 Å². The zero-order valence-corrected chi connectivity index (χ0v) is 17.6. The summed E-state index contributed by atoms with van der Waals surface area (Å²) >= 11 is 0. The number of carbonyl (C=O) groups is 3. The number of nitrogens with one attached hydrogen (secondary N) is 2. The monoisotopic (exact) mass is 436 g/mol. The zero-order valence-electron chi connectivity index (χ0n) is 17.6. The summed E-state index contributed by atoms with van der Waals surface area (Å²) in [5, 5.41) is 6.41. The van der Waals surface area contributed by atoms with Crippen molar-refractivity contribution in [3.05, 3.63) is 102 Å². The molecule has 1 aromatic heterocycles. The minimum absolute atomic E-state index is 0.106. The summed E-state index contributed by atoms with van der Waals surface area (Å²) in [4.78, 5) is 39.1. The fourth-order valence-electron chi connectivity index (χ4n) is 3.90. The number of para-hydroxylation sites is 3. The molecule has 0 spiro atoms. The SMILES string of the molecule is O=C(Cn1cc(/C=C2/NC(=O)N(c3ccccc3)C2=O)c2ccccc21)Nc1ccccc1. The van der Waals surface area contributed by atoms with E-state index < -0.39 is 11.9 Å². The van der Waals surface area contributed by atoms with Gasteiger partial charge in [-0.15, -0.1) is 0 Å². The highest BCUT2D eigenvalue weighted by Crippen LogP contribution is 2.26. The summed E-state index contributed by atoms with van der Waals surface area (Å²) in [6, 6.07) is 25.2. The lowest BCUT2D eigenvalue weighted by Gasteiger charge is -2.10. The number of hydrogen-bond donors (Lipinski definition) is 2. The van der Waals surface area contributed by atoms with Crippen LogP contribution in [0.15, 0.2) is 96.8 Å². The van der Waals surface area contributed by atoms with Crippen molar-refractivity contribution < 1.29 is 14.4 Å². The first kappa shape index (κ1) is 20.3. The second kappa shape index (κ2) is 8.47. The third kappa shape index (κ3) is 3.99. The van der Waals surface area contributed by atoms with Crippen molar-refractivity contribution in [2.45, 2.75) is 6.54 Å². The van der Waals surface area contributed by atoms with Gasteiger partial charge in [-0.1, -0.05) is 54.6 Å². The third-order valence-electron chi connectivity index (χ3n) is 5.38. The van der Waals surface area contributed by atoms with Crippen LogP contribution >= 0.6 is 0 Å². The van der Waals surface area contributed by atoms with Crippen LogP contribution in [0.25, 0.3) is 17.0 Å². The molecule has 162 valence electrons. The van der Waals surface area contributed by atoms with E-state index in [4.69, 9.17) is 0 Å². The van der Waals surface area contributed by atoms with Gasteiger partial charge in [0.25, 0.3) is 5.91 Å². The zero-order chi connectivity index (χ0) is 22.8. The Hall–Kier alpha value is -4.65. The van der Waals surface area contributed by atoms with Crippen LogP contribution in [0.1, 0.15) is 5.56 Å². The summed E-state index contributed by atoms with van der Waals surface area (Å²) in [6.07, 6.45) is 3.46. The van der Waals surface area contributed by atoms with Crippen molar-refractivity contribution >= 4 is 46.2 Å². The Morgan fingerprint density at radius 3 is 2.30 bits per heavy atom. The van der Waals surface area contributed by atoms with Gasteiger partial charge >= 0.3 is 6.03 Å². The summed E-state index contributed by atoms with van der Waals surface area (Å²) in [5.41, 5.74) is 2.99. The van der Waals surface area contributed by atoms with Gasteiger partial charge in [-0.3, -0.25) is 9.59 Å². The molecule has 0 saturated carbocycles. The number of aromatic nitrogens is 1. The topological polar surface area (TPSA) is 83.4 Å². The van der Waals surface area contributed by atoms with E-state index in [1.54, 1.807) is 30.3 Å². The molecule has 1 aliphatic rings. The Balaban J connectivity index is 1.45. The molecule has 4 amide bonds. The largest absolute Gasteiger partial charge is 0.337 e. The lowest BCUT2D eigenvalue weighted by atomic mass is 10.1. The van der Waals surface area contributed by atoms with Crippen LogP contribution in [0.3, 0.4) is 0 Å². The molecule has 5 rings (SSSR count). The van der Waals surface area contributed by atoms with Gasteiger partial charge in [0.05, 0.1) is 5.69 Å². The Morgan fingerprint density at radius 2 is 1.55 bits per heavy atom. The van der Waals surface area contributed by atoms with Crippen LogP contribution in [0.2, 0.25) is 0 Å². The van der Waals surface area contributed by atoms with Crippen LogP contribution in [-0.4, -0.2) is 22.4 Å². The van der Waals surface area contributed by atoms with E-state index in [1.807, 2.05) is 71.4 Å². The van der Waals surface area contributed by atoms with Crippen molar-refractivity contribution in [2.24, 2.45) is 0 Å². The predicted molar refractivity (Wildman–Crippen MR) is 127 cm³/mol. The lowest BCUT2D eigenvalue weighted by Crippen LogP contribution is -2.30. The van der Waals surface area contributed by atoms with Crippen LogP contribution in [-0.2, 0) is 16.1 Å². The molecule has 3 aromatic carbocycles. The first-order valence-corrected chi connectivity index (χ1v) is 10.4. The van der Waals surface area contributed by atoms with E-state index in [0.29, 0.717) is 5.69 Å². The van der Waals surface area contributed by atoms with E-state index in [-0.39, 0.29) is 18.1 Å². The molecular formula is C26H20N4O3. The molecular weight excluding hydrogens is 416 g/mol. The molecule has 7 nitrogen and oxygen atoms in total. The fraction of sp³-hybridized carbons (Fsp3) is 0.0385. The van der Waals surface area contributed by atoms with Crippen LogP contribution in [0.4, 0.5) is 16.2 Å². The predicted octanol–water partition coefficient (Wildman–Crippen LogP) is 4.38. The fourth-order valence-corrected chi connectivity index (χ4v) is 3.90. The van der Waals surface area contributed by atoms with Crippen molar-refractivity contribution in [1.29, 1.82) is 0 Å². The maximum atomic E-state index is 12.9. The number of hydrogen-bond acceptors (Lipinski definition) is 3. The van der Waals surface area contributed by atoms with E-state index >= 15 is 0 Å². The smallest absolute Gasteiger partial charge is 0.333 e. The highest BCUT2D eigenvalue weighted by Gasteiger charge is 2.34. The lowest BCUT2D eigenvalue weighted by molar-refractivity contribution is -0.116. The average molecular weight is 436 g/mol. The van der Waals surface area contributed by atoms with Gasteiger partial charge in [-0.2, -0.15) is 0 Å². The number of rotatable bonds is 5. The normalized spacial score (nSPS) is 14.7. The average Bonchev–Trinajstić information content (AvgIpc) is 3.31. The summed E-state index contributed by atoms with van der Waals surface area (Å²) < 4.78 is 1.83. The standard InChI is InChI=1S/C26H20N4O3/c31-24(27-19-9-3-1-4-10-19)17-29-16-18(21-13-7-8-14-23(21)29)15-22-25(32)30(26(33)28-22)20-11-5-2-6-12-20/h1-16H,17H2,(H,27,31)(H,28,33)/b22-15+. The third-order valence-corrected chi connectivity index (χ3v) is 5.38. The molecule has 1 fully saturated rings. The summed E-state index contributed by atoms with van der Waals surface area (Å²) in [5.74, 6) is -0.591. The summed E-state index contributed by atoms with van der Waals surface area (Å²) in [7, 11) is 0. The molecule has 1 aliphatic heterocycles. The molecule has 0 atom stereocenters.